The zero-order valence-electron chi connectivity index (χ0n) is 15.7. The summed E-state index contributed by atoms with van der Waals surface area (Å²) >= 11 is 0. The number of piperidine rings is 1. The maximum absolute atomic E-state index is 12.9. The molecule has 0 spiro atoms. The van der Waals surface area contributed by atoms with E-state index >= 15 is 0 Å². The smallest absolute Gasteiger partial charge is 0.201 e. The topological polar surface area (TPSA) is 68.2 Å². The molecular weight excluding hydrogens is 334 g/mol. The zero-order valence-corrected chi connectivity index (χ0v) is 15.7. The average molecular weight is 359 g/mol. The van der Waals surface area contributed by atoms with Crippen molar-refractivity contribution in [1.82, 2.24) is 4.90 Å². The van der Waals surface area contributed by atoms with Crippen molar-refractivity contribution >= 4 is 5.78 Å². The largest absolute Gasteiger partial charge is 0.504 e. The Kier molecular flexibility index (Phi) is 3.91. The second kappa shape index (κ2) is 5.91. The van der Waals surface area contributed by atoms with E-state index in [1.165, 1.54) is 7.11 Å². The van der Waals surface area contributed by atoms with Gasteiger partial charge >= 0.3 is 0 Å². The molecule has 3 atom stereocenters. The second-order valence-corrected chi connectivity index (χ2v) is 7.49. The number of carbonyl (C=O) groups excluding carboxylic acids is 1. The van der Waals surface area contributed by atoms with E-state index in [1.807, 2.05) is 6.07 Å². The van der Waals surface area contributed by atoms with Gasteiger partial charge in [0.1, 0.15) is 5.76 Å². The number of ketones is 1. The van der Waals surface area contributed by atoms with Crippen LogP contribution in [0.4, 0.5) is 0 Å². The van der Waals surface area contributed by atoms with Gasteiger partial charge in [-0.2, -0.15) is 0 Å². The Labute approximate surface area is 153 Å². The predicted octanol–water partition coefficient (Wildman–Crippen LogP) is 1.99. The lowest BCUT2D eigenvalue weighted by atomic mass is 9.53. The summed E-state index contributed by atoms with van der Waals surface area (Å²) < 4.78 is 16.5. The van der Waals surface area contributed by atoms with Crippen molar-refractivity contribution in [3.8, 4) is 11.5 Å². The Morgan fingerprint density at radius 3 is 2.62 bits per heavy atom. The number of carbonyl (C=O) groups is 1. The average Bonchev–Trinajstić information content (AvgIpc) is 2.63. The number of phenols is 1. The van der Waals surface area contributed by atoms with E-state index < -0.39 is 5.41 Å². The first-order valence-electron chi connectivity index (χ1n) is 8.93. The number of ether oxygens (including phenoxy) is 3. The molecule has 1 heterocycles. The molecule has 4 rings (SSSR count). The van der Waals surface area contributed by atoms with Gasteiger partial charge < -0.3 is 24.2 Å². The summed E-state index contributed by atoms with van der Waals surface area (Å²) in [5.74, 6) is 1.42. The van der Waals surface area contributed by atoms with Gasteiger partial charge in [-0.25, -0.2) is 0 Å². The van der Waals surface area contributed by atoms with Crippen LogP contribution < -0.4 is 4.74 Å². The quantitative estimate of drug-likeness (QED) is 0.890. The van der Waals surface area contributed by atoms with E-state index in [2.05, 4.69) is 11.9 Å². The van der Waals surface area contributed by atoms with Gasteiger partial charge in [-0.1, -0.05) is 6.07 Å². The Hall–Kier alpha value is -2.21. The minimum atomic E-state index is -0.492. The molecular formula is C20H25NO5. The first-order valence-corrected chi connectivity index (χ1v) is 8.93. The van der Waals surface area contributed by atoms with Crippen LogP contribution in [0.3, 0.4) is 0 Å². The summed E-state index contributed by atoms with van der Waals surface area (Å²) in [5, 5.41) is 11.0. The van der Waals surface area contributed by atoms with Gasteiger partial charge in [0.25, 0.3) is 0 Å². The van der Waals surface area contributed by atoms with E-state index in [0.29, 0.717) is 23.7 Å². The first kappa shape index (κ1) is 17.2. The molecule has 3 aliphatic rings. The molecule has 3 unspecified atom stereocenters. The fourth-order valence-corrected chi connectivity index (χ4v) is 5.40. The molecule has 26 heavy (non-hydrogen) atoms. The zero-order chi connectivity index (χ0) is 18.6. The van der Waals surface area contributed by atoms with E-state index in [-0.39, 0.29) is 23.5 Å². The predicted molar refractivity (Wildman–Crippen MR) is 95.2 cm³/mol. The van der Waals surface area contributed by atoms with Crippen molar-refractivity contribution in [2.75, 3.05) is 34.9 Å². The Balaban J connectivity index is 2.02. The maximum atomic E-state index is 12.9. The Morgan fingerprint density at radius 2 is 1.96 bits per heavy atom. The highest BCUT2D eigenvalue weighted by Crippen LogP contribution is 2.59. The monoisotopic (exact) mass is 359 g/mol. The van der Waals surface area contributed by atoms with Gasteiger partial charge in [-0.15, -0.1) is 0 Å². The lowest BCUT2D eigenvalue weighted by Gasteiger charge is -2.57. The molecule has 140 valence electrons. The van der Waals surface area contributed by atoms with Crippen LogP contribution in [0, 0.1) is 5.92 Å². The molecule has 1 saturated heterocycles. The number of aromatic hydroxyl groups is 1. The molecule has 0 aromatic heterocycles. The SMILES string of the molecule is COC1=C(OC)C2C3Cc4ccc(OC)c(O)c4C2(CCN3C)CC1=O. The van der Waals surface area contributed by atoms with Crippen LogP contribution in [0.2, 0.25) is 0 Å². The van der Waals surface area contributed by atoms with Crippen LogP contribution in [0.25, 0.3) is 0 Å². The highest BCUT2D eigenvalue weighted by molar-refractivity contribution is 5.96. The number of nitrogens with zero attached hydrogens (tertiary/aromatic N) is 1. The molecule has 1 aliphatic heterocycles. The summed E-state index contributed by atoms with van der Waals surface area (Å²) in [4.78, 5) is 15.2. The molecule has 0 saturated carbocycles. The van der Waals surface area contributed by atoms with Crippen molar-refractivity contribution in [3.05, 3.63) is 34.8 Å². The van der Waals surface area contributed by atoms with Crippen molar-refractivity contribution in [2.45, 2.75) is 30.7 Å². The number of likely N-dealkylation sites (N-methyl/N-ethyl adjacent to an activating group) is 1. The minimum absolute atomic E-state index is 0.0376. The summed E-state index contributed by atoms with van der Waals surface area (Å²) in [6.45, 7) is 0.865. The fourth-order valence-electron chi connectivity index (χ4n) is 5.40. The number of hydrogen-bond acceptors (Lipinski definition) is 6. The van der Waals surface area contributed by atoms with E-state index in [4.69, 9.17) is 14.2 Å². The lowest BCUT2D eigenvalue weighted by molar-refractivity contribution is -0.125. The maximum Gasteiger partial charge on any atom is 0.201 e. The number of Topliss-reactive ketones (excluding diaryl/α,β-unsaturated/α-hetero) is 1. The van der Waals surface area contributed by atoms with Crippen LogP contribution in [0.15, 0.2) is 23.7 Å². The molecule has 0 amide bonds. The third kappa shape index (κ3) is 2.05. The van der Waals surface area contributed by atoms with Crippen LogP contribution in [-0.2, 0) is 26.1 Å². The van der Waals surface area contributed by atoms with Crippen LogP contribution in [0.1, 0.15) is 24.0 Å². The highest BCUT2D eigenvalue weighted by Gasteiger charge is 2.60. The van der Waals surface area contributed by atoms with Crippen molar-refractivity contribution in [3.63, 3.8) is 0 Å². The molecule has 1 fully saturated rings. The molecule has 1 aromatic carbocycles. The molecule has 1 aromatic rings. The molecule has 2 bridgehead atoms. The van der Waals surface area contributed by atoms with E-state index in [0.717, 1.165) is 30.5 Å². The third-order valence-electron chi connectivity index (χ3n) is 6.49. The van der Waals surface area contributed by atoms with Gasteiger partial charge in [0.05, 0.1) is 21.3 Å². The van der Waals surface area contributed by atoms with E-state index in [9.17, 15) is 9.90 Å². The Bertz CT molecular complexity index is 802. The van der Waals surface area contributed by atoms with Crippen LogP contribution in [0.5, 0.6) is 11.5 Å². The van der Waals surface area contributed by atoms with E-state index in [1.54, 1.807) is 20.3 Å². The summed E-state index contributed by atoms with van der Waals surface area (Å²) in [5.41, 5.74) is 1.44. The number of likely N-dealkylation sites (tertiary alicyclic amines) is 1. The number of benzene rings is 1. The third-order valence-corrected chi connectivity index (χ3v) is 6.49. The highest BCUT2D eigenvalue weighted by atomic mass is 16.5. The number of allylic oxidation sites excluding steroid dienone is 1. The Morgan fingerprint density at radius 1 is 1.19 bits per heavy atom. The van der Waals surface area contributed by atoms with Crippen molar-refractivity contribution in [2.24, 2.45) is 5.92 Å². The normalized spacial score (nSPS) is 30.5. The number of hydrogen-bond donors (Lipinski definition) is 1. The van der Waals surface area contributed by atoms with Crippen molar-refractivity contribution in [1.29, 1.82) is 0 Å². The second-order valence-electron chi connectivity index (χ2n) is 7.49. The number of fused-ring (bicyclic) bond motifs is 1. The molecule has 6 nitrogen and oxygen atoms in total. The summed E-state index contributed by atoms with van der Waals surface area (Å²) in [6.07, 6.45) is 1.87. The van der Waals surface area contributed by atoms with Crippen LogP contribution in [-0.4, -0.2) is 56.8 Å². The van der Waals surface area contributed by atoms with Crippen molar-refractivity contribution < 1.29 is 24.1 Å². The molecule has 2 aliphatic carbocycles. The van der Waals surface area contributed by atoms with Gasteiger partial charge in [0, 0.05) is 29.4 Å². The van der Waals surface area contributed by atoms with Gasteiger partial charge in [0.2, 0.25) is 5.78 Å². The van der Waals surface area contributed by atoms with Gasteiger partial charge in [-0.05, 0) is 38.1 Å². The number of phenolic OH excluding ortho intramolecular Hbond substituents is 1. The minimum Gasteiger partial charge on any atom is -0.504 e. The van der Waals surface area contributed by atoms with Gasteiger partial charge in [0.15, 0.2) is 17.3 Å². The standard InChI is InChI=1S/C20H25NO5/c1-21-8-7-20-10-13(22)18(25-3)19(26-4)16(20)12(21)9-11-5-6-14(24-2)17(23)15(11)20/h5-6,12,16,23H,7-10H2,1-4H3. The first-order chi connectivity index (χ1) is 12.5. The van der Waals surface area contributed by atoms with Gasteiger partial charge in [-0.3, -0.25) is 4.79 Å². The summed E-state index contributed by atoms with van der Waals surface area (Å²) in [6, 6.07) is 4.01. The molecule has 1 N–H and O–H groups in total. The molecule has 6 heteroatoms. The molecule has 0 radical (unpaired) electrons. The number of methoxy groups -OCH3 is 3. The number of rotatable bonds is 3. The lowest BCUT2D eigenvalue weighted by Crippen LogP contribution is -2.61. The summed E-state index contributed by atoms with van der Waals surface area (Å²) in [7, 11) is 6.77. The van der Waals surface area contributed by atoms with Crippen LogP contribution >= 0.6 is 0 Å². The fraction of sp³-hybridized carbons (Fsp3) is 0.550.